The van der Waals surface area contributed by atoms with E-state index in [4.69, 9.17) is 5.26 Å². The van der Waals surface area contributed by atoms with Crippen LogP contribution in [0.4, 0.5) is 14.5 Å². The highest BCUT2D eigenvalue weighted by atomic mass is 19.1. The summed E-state index contributed by atoms with van der Waals surface area (Å²) >= 11 is 0. The van der Waals surface area contributed by atoms with Crippen molar-refractivity contribution in [3.05, 3.63) is 45.6 Å². The van der Waals surface area contributed by atoms with Gasteiger partial charge in [-0.1, -0.05) is 0 Å². The lowest BCUT2D eigenvalue weighted by molar-refractivity contribution is 0.510. The number of hydrogen-bond donors (Lipinski definition) is 1. The summed E-state index contributed by atoms with van der Waals surface area (Å²) in [5.74, 6) is -0.800. The normalized spacial score (nSPS) is 13.4. The number of rotatable bonds is 5. The molecule has 0 bridgehead atoms. The highest BCUT2D eigenvalue weighted by Gasteiger charge is 2.16. The lowest BCUT2D eigenvalue weighted by atomic mass is 10.2. The Kier molecular flexibility index (Phi) is 4.60. The van der Waals surface area contributed by atoms with Crippen LogP contribution in [0.1, 0.15) is 30.7 Å². The van der Waals surface area contributed by atoms with E-state index in [1.165, 1.54) is 4.68 Å². The van der Waals surface area contributed by atoms with Crippen molar-refractivity contribution in [1.82, 2.24) is 14.3 Å². The fraction of sp³-hybridized carbons (Fsp3) is 0.438. The Morgan fingerprint density at radius 3 is 2.71 bits per heavy atom. The quantitative estimate of drug-likeness (QED) is 0.850. The summed E-state index contributed by atoms with van der Waals surface area (Å²) < 4.78 is 30.6. The maximum Gasteiger partial charge on any atom is 0.345 e. The predicted octanol–water partition coefficient (Wildman–Crippen LogP) is 2.03. The van der Waals surface area contributed by atoms with Crippen LogP contribution in [0.25, 0.3) is 0 Å². The molecule has 0 saturated carbocycles. The summed E-state index contributed by atoms with van der Waals surface area (Å²) in [6, 6.07) is 3.67. The Balaban J connectivity index is 1.60. The van der Waals surface area contributed by atoms with Gasteiger partial charge >= 0.3 is 5.69 Å². The standard InChI is InChI=1S/C16H17F2N5O/c17-12-8-11(10-19)9-13(18)15(12)20-5-3-7-23-16(24)22-6-2-1-4-14(22)21-23/h8-9,20H,1-7H2. The molecule has 0 aliphatic carbocycles. The molecular formula is C16H17F2N5O. The van der Waals surface area contributed by atoms with Gasteiger partial charge in [-0.05, 0) is 31.4 Å². The smallest absolute Gasteiger partial charge is 0.345 e. The van der Waals surface area contributed by atoms with Gasteiger partial charge in [0.25, 0.3) is 0 Å². The van der Waals surface area contributed by atoms with Crippen LogP contribution >= 0.6 is 0 Å². The van der Waals surface area contributed by atoms with Gasteiger partial charge in [-0.2, -0.15) is 10.4 Å². The van der Waals surface area contributed by atoms with Gasteiger partial charge in [0.15, 0.2) is 11.6 Å². The average Bonchev–Trinajstić information content (AvgIpc) is 2.90. The number of halogens is 2. The van der Waals surface area contributed by atoms with E-state index in [9.17, 15) is 13.6 Å². The zero-order valence-corrected chi connectivity index (χ0v) is 13.1. The van der Waals surface area contributed by atoms with E-state index in [0.717, 1.165) is 37.2 Å². The fourth-order valence-electron chi connectivity index (χ4n) is 2.84. The molecule has 0 atom stereocenters. The van der Waals surface area contributed by atoms with Crippen molar-refractivity contribution in [3.63, 3.8) is 0 Å². The number of aromatic nitrogens is 3. The lowest BCUT2D eigenvalue weighted by Gasteiger charge is -2.09. The highest BCUT2D eigenvalue weighted by molar-refractivity contribution is 5.50. The van der Waals surface area contributed by atoms with Crippen LogP contribution in [0.15, 0.2) is 16.9 Å². The molecular weight excluding hydrogens is 316 g/mol. The van der Waals surface area contributed by atoms with Gasteiger partial charge in [0.1, 0.15) is 11.5 Å². The molecule has 1 aromatic carbocycles. The van der Waals surface area contributed by atoms with E-state index in [1.807, 2.05) is 0 Å². The summed E-state index contributed by atoms with van der Waals surface area (Å²) in [7, 11) is 0. The number of aryl methyl sites for hydroxylation is 2. The third kappa shape index (κ3) is 3.15. The molecule has 0 spiro atoms. The zero-order chi connectivity index (χ0) is 17.1. The number of nitrogens with one attached hydrogen (secondary N) is 1. The minimum atomic E-state index is -0.804. The fourth-order valence-corrected chi connectivity index (χ4v) is 2.84. The molecule has 1 aliphatic rings. The molecule has 0 radical (unpaired) electrons. The summed E-state index contributed by atoms with van der Waals surface area (Å²) in [5, 5.41) is 15.7. The number of nitrogens with zero attached hydrogens (tertiary/aromatic N) is 4. The minimum Gasteiger partial charge on any atom is -0.380 e. The Morgan fingerprint density at radius 2 is 2.04 bits per heavy atom. The zero-order valence-electron chi connectivity index (χ0n) is 13.1. The van der Waals surface area contributed by atoms with E-state index < -0.39 is 11.6 Å². The molecule has 24 heavy (non-hydrogen) atoms. The van der Waals surface area contributed by atoms with Crippen LogP contribution in [0.5, 0.6) is 0 Å². The van der Waals surface area contributed by atoms with E-state index in [0.29, 0.717) is 19.5 Å². The van der Waals surface area contributed by atoms with Gasteiger partial charge in [-0.3, -0.25) is 4.57 Å². The predicted molar refractivity (Wildman–Crippen MR) is 83.6 cm³/mol. The Labute approximate surface area is 137 Å². The second-order valence-corrected chi connectivity index (χ2v) is 5.74. The van der Waals surface area contributed by atoms with Gasteiger partial charge in [0.05, 0.1) is 11.6 Å². The maximum atomic E-state index is 13.7. The van der Waals surface area contributed by atoms with Crippen LogP contribution in [-0.2, 0) is 19.5 Å². The van der Waals surface area contributed by atoms with Crippen molar-refractivity contribution in [1.29, 1.82) is 5.26 Å². The van der Waals surface area contributed by atoms with Crippen molar-refractivity contribution in [3.8, 4) is 6.07 Å². The van der Waals surface area contributed by atoms with Crippen molar-refractivity contribution in [2.45, 2.75) is 38.8 Å². The molecule has 0 amide bonds. The third-order valence-corrected chi connectivity index (χ3v) is 4.05. The summed E-state index contributed by atoms with van der Waals surface area (Å²) in [4.78, 5) is 12.1. The van der Waals surface area contributed by atoms with Crippen LogP contribution < -0.4 is 11.0 Å². The Bertz CT molecular complexity index is 826. The van der Waals surface area contributed by atoms with E-state index in [-0.39, 0.29) is 23.5 Å². The van der Waals surface area contributed by atoms with Gasteiger partial charge in [-0.25, -0.2) is 18.3 Å². The van der Waals surface area contributed by atoms with Crippen molar-refractivity contribution < 1.29 is 8.78 Å². The monoisotopic (exact) mass is 333 g/mol. The molecule has 2 aromatic rings. The van der Waals surface area contributed by atoms with Crippen molar-refractivity contribution in [2.24, 2.45) is 0 Å². The first-order valence-corrected chi connectivity index (χ1v) is 7.89. The van der Waals surface area contributed by atoms with Gasteiger partial charge in [-0.15, -0.1) is 0 Å². The molecule has 126 valence electrons. The lowest BCUT2D eigenvalue weighted by Crippen LogP contribution is -2.27. The molecule has 0 unspecified atom stereocenters. The first-order valence-electron chi connectivity index (χ1n) is 7.89. The second kappa shape index (κ2) is 6.83. The first-order chi connectivity index (χ1) is 11.6. The molecule has 1 aliphatic heterocycles. The number of nitriles is 1. The van der Waals surface area contributed by atoms with Crippen LogP contribution in [0.2, 0.25) is 0 Å². The Morgan fingerprint density at radius 1 is 1.29 bits per heavy atom. The third-order valence-electron chi connectivity index (χ3n) is 4.05. The van der Waals surface area contributed by atoms with Crippen molar-refractivity contribution >= 4 is 5.69 Å². The minimum absolute atomic E-state index is 0.0642. The number of hydrogen-bond acceptors (Lipinski definition) is 4. The molecule has 0 saturated heterocycles. The van der Waals surface area contributed by atoms with Crippen LogP contribution in [0.3, 0.4) is 0 Å². The van der Waals surface area contributed by atoms with Crippen LogP contribution in [0, 0.1) is 23.0 Å². The average molecular weight is 333 g/mol. The van der Waals surface area contributed by atoms with E-state index in [2.05, 4.69) is 10.4 Å². The van der Waals surface area contributed by atoms with Gasteiger partial charge < -0.3 is 5.32 Å². The molecule has 8 heteroatoms. The Hall–Kier alpha value is -2.69. The number of anilines is 1. The molecule has 1 N–H and O–H groups in total. The molecule has 2 heterocycles. The molecule has 1 aromatic heterocycles. The van der Waals surface area contributed by atoms with Crippen LogP contribution in [-0.4, -0.2) is 20.9 Å². The second-order valence-electron chi connectivity index (χ2n) is 5.74. The SMILES string of the molecule is N#Cc1cc(F)c(NCCCn2nc3n(c2=O)CCCC3)c(F)c1. The number of benzene rings is 1. The highest BCUT2D eigenvalue weighted by Crippen LogP contribution is 2.20. The summed E-state index contributed by atoms with van der Waals surface area (Å²) in [6.45, 7) is 1.37. The van der Waals surface area contributed by atoms with Gasteiger partial charge in [0, 0.05) is 26.1 Å². The summed E-state index contributed by atoms with van der Waals surface area (Å²) in [5.41, 5.74) is -0.448. The van der Waals surface area contributed by atoms with Gasteiger partial charge in [0.2, 0.25) is 0 Å². The number of fused-ring (bicyclic) bond motifs is 1. The van der Waals surface area contributed by atoms with E-state index >= 15 is 0 Å². The maximum absolute atomic E-state index is 13.7. The van der Waals surface area contributed by atoms with Crippen molar-refractivity contribution in [2.75, 3.05) is 11.9 Å². The summed E-state index contributed by atoms with van der Waals surface area (Å²) in [6.07, 6.45) is 3.32. The van der Waals surface area contributed by atoms with E-state index in [1.54, 1.807) is 10.6 Å². The first kappa shape index (κ1) is 16.2. The molecule has 3 rings (SSSR count). The molecule has 0 fully saturated rings. The topological polar surface area (TPSA) is 75.6 Å². The largest absolute Gasteiger partial charge is 0.380 e. The molecule has 6 nitrogen and oxygen atoms in total.